The van der Waals surface area contributed by atoms with Crippen molar-refractivity contribution in [2.45, 2.75) is 39.0 Å². The highest BCUT2D eigenvalue weighted by Crippen LogP contribution is 2.51. The number of benzene rings is 1. The summed E-state index contributed by atoms with van der Waals surface area (Å²) in [7, 11) is 0. The fraction of sp³-hybridized carbons (Fsp3) is 0.636. The van der Waals surface area contributed by atoms with Crippen molar-refractivity contribution in [1.29, 1.82) is 0 Å². The average molecular weight is 384 g/mol. The monoisotopic (exact) mass is 384 g/mol. The van der Waals surface area contributed by atoms with E-state index in [0.29, 0.717) is 16.9 Å². The van der Waals surface area contributed by atoms with Crippen molar-refractivity contribution >= 4 is 22.7 Å². The SMILES string of the molecule is CC1(C2CC2)CCN(c2nc(N3CC[C@@H](CO)C3)c3cccc(F)c3n2)CC1. The Morgan fingerprint density at radius 1 is 1.11 bits per heavy atom. The van der Waals surface area contributed by atoms with Gasteiger partial charge in [-0.1, -0.05) is 13.0 Å². The van der Waals surface area contributed by atoms with Crippen LogP contribution in [0.3, 0.4) is 0 Å². The Morgan fingerprint density at radius 3 is 2.57 bits per heavy atom. The van der Waals surface area contributed by atoms with E-state index in [9.17, 15) is 9.50 Å². The molecule has 0 radical (unpaired) electrons. The van der Waals surface area contributed by atoms with Gasteiger partial charge in [0.2, 0.25) is 5.95 Å². The van der Waals surface area contributed by atoms with Gasteiger partial charge in [0.15, 0.2) is 0 Å². The molecule has 1 atom stereocenters. The van der Waals surface area contributed by atoms with Gasteiger partial charge in [-0.3, -0.25) is 0 Å². The van der Waals surface area contributed by atoms with Gasteiger partial charge in [-0.05, 0) is 55.6 Å². The highest BCUT2D eigenvalue weighted by molar-refractivity contribution is 5.91. The number of aromatic nitrogens is 2. The van der Waals surface area contributed by atoms with Crippen LogP contribution in [0.15, 0.2) is 18.2 Å². The molecule has 28 heavy (non-hydrogen) atoms. The number of halogens is 1. The van der Waals surface area contributed by atoms with Gasteiger partial charge in [0.25, 0.3) is 0 Å². The van der Waals surface area contributed by atoms with Gasteiger partial charge >= 0.3 is 0 Å². The summed E-state index contributed by atoms with van der Waals surface area (Å²) in [5.74, 6) is 2.32. The molecule has 0 bridgehead atoms. The smallest absolute Gasteiger partial charge is 0.227 e. The third-order valence-corrected chi connectivity index (χ3v) is 7.24. The molecule has 0 spiro atoms. The van der Waals surface area contributed by atoms with Gasteiger partial charge in [0.1, 0.15) is 17.2 Å². The molecule has 3 aliphatic rings. The number of rotatable bonds is 4. The molecule has 5 rings (SSSR count). The second-order valence-electron chi connectivity index (χ2n) is 9.18. The molecule has 1 aromatic carbocycles. The number of aliphatic hydroxyl groups is 1. The van der Waals surface area contributed by atoms with Crippen LogP contribution >= 0.6 is 0 Å². The Morgan fingerprint density at radius 2 is 1.89 bits per heavy atom. The van der Waals surface area contributed by atoms with Crippen molar-refractivity contribution in [2.75, 3.05) is 42.6 Å². The Kier molecular flexibility index (Phi) is 4.42. The summed E-state index contributed by atoms with van der Waals surface area (Å²) < 4.78 is 14.6. The molecule has 0 unspecified atom stereocenters. The van der Waals surface area contributed by atoms with E-state index in [-0.39, 0.29) is 18.3 Å². The lowest BCUT2D eigenvalue weighted by molar-refractivity contribution is 0.207. The van der Waals surface area contributed by atoms with Gasteiger partial charge in [-0.25, -0.2) is 9.37 Å². The number of hydrogen-bond acceptors (Lipinski definition) is 5. The van der Waals surface area contributed by atoms with Crippen molar-refractivity contribution < 1.29 is 9.50 Å². The van der Waals surface area contributed by atoms with Crippen molar-refractivity contribution in [3.05, 3.63) is 24.0 Å². The first-order chi connectivity index (χ1) is 13.6. The van der Waals surface area contributed by atoms with Crippen molar-refractivity contribution in [3.63, 3.8) is 0 Å². The van der Waals surface area contributed by atoms with E-state index in [1.54, 1.807) is 6.07 Å². The second-order valence-corrected chi connectivity index (χ2v) is 9.18. The fourth-order valence-electron chi connectivity index (χ4n) is 5.05. The Bertz CT molecular complexity index is 876. The molecule has 6 heteroatoms. The first-order valence-corrected chi connectivity index (χ1v) is 10.6. The number of para-hydroxylation sites is 1. The Balaban J connectivity index is 1.48. The van der Waals surface area contributed by atoms with E-state index < -0.39 is 0 Å². The zero-order valence-corrected chi connectivity index (χ0v) is 16.6. The molecule has 2 aromatic rings. The molecule has 150 valence electrons. The van der Waals surface area contributed by atoms with Crippen molar-refractivity contribution in [3.8, 4) is 0 Å². The third-order valence-electron chi connectivity index (χ3n) is 7.24. The van der Waals surface area contributed by atoms with Crippen LogP contribution < -0.4 is 9.80 Å². The standard InChI is InChI=1S/C22H29FN4O/c1-22(16-5-6-16)8-11-26(12-9-22)21-24-19-17(3-2-4-18(19)23)20(25-21)27-10-7-15(13-27)14-28/h2-4,15-16,28H,5-14H2,1H3/t15-/m1/s1. The number of piperidine rings is 1. The highest BCUT2D eigenvalue weighted by Gasteiger charge is 2.43. The van der Waals surface area contributed by atoms with Crippen LogP contribution in [-0.2, 0) is 0 Å². The van der Waals surface area contributed by atoms with Gasteiger partial charge in [0, 0.05) is 44.1 Å². The van der Waals surface area contributed by atoms with Crippen molar-refractivity contribution in [2.24, 2.45) is 17.3 Å². The molecule has 1 saturated carbocycles. The number of fused-ring (bicyclic) bond motifs is 1. The zero-order valence-electron chi connectivity index (χ0n) is 16.6. The molecule has 3 fully saturated rings. The second kappa shape index (κ2) is 6.83. The van der Waals surface area contributed by atoms with Crippen LogP contribution in [-0.4, -0.2) is 47.9 Å². The topological polar surface area (TPSA) is 52.5 Å². The summed E-state index contributed by atoms with van der Waals surface area (Å²) in [4.78, 5) is 14.0. The number of nitrogens with zero attached hydrogens (tertiary/aromatic N) is 4. The quantitative estimate of drug-likeness (QED) is 0.873. The molecule has 3 heterocycles. The predicted molar refractivity (Wildman–Crippen MR) is 109 cm³/mol. The lowest BCUT2D eigenvalue weighted by atomic mass is 9.76. The lowest BCUT2D eigenvalue weighted by Gasteiger charge is -2.40. The molecule has 1 aromatic heterocycles. The van der Waals surface area contributed by atoms with Gasteiger partial charge in [-0.2, -0.15) is 4.98 Å². The van der Waals surface area contributed by atoms with Crippen LogP contribution in [0.1, 0.15) is 39.0 Å². The molecular formula is C22H29FN4O. The Labute approximate surface area is 165 Å². The molecular weight excluding hydrogens is 355 g/mol. The summed E-state index contributed by atoms with van der Waals surface area (Å²) in [6.07, 6.45) is 6.00. The van der Waals surface area contributed by atoms with Crippen LogP contribution in [0.5, 0.6) is 0 Å². The van der Waals surface area contributed by atoms with Crippen LogP contribution in [0.2, 0.25) is 0 Å². The van der Waals surface area contributed by atoms with Crippen LogP contribution in [0, 0.1) is 23.1 Å². The van der Waals surface area contributed by atoms with Crippen molar-refractivity contribution in [1.82, 2.24) is 9.97 Å². The summed E-state index contributed by atoms with van der Waals surface area (Å²) in [5, 5.41) is 10.3. The molecule has 1 N–H and O–H groups in total. The summed E-state index contributed by atoms with van der Waals surface area (Å²) in [6.45, 7) is 6.09. The number of anilines is 2. The minimum absolute atomic E-state index is 0.187. The maximum atomic E-state index is 14.6. The zero-order chi connectivity index (χ0) is 19.3. The normalized spacial score (nSPS) is 24.9. The molecule has 2 aliphatic heterocycles. The summed E-state index contributed by atoms with van der Waals surface area (Å²) in [6, 6.07) is 5.11. The fourth-order valence-corrected chi connectivity index (χ4v) is 5.05. The van der Waals surface area contributed by atoms with E-state index in [2.05, 4.69) is 21.7 Å². The van der Waals surface area contributed by atoms with E-state index in [0.717, 1.165) is 62.6 Å². The van der Waals surface area contributed by atoms with E-state index in [1.165, 1.54) is 18.9 Å². The molecule has 5 nitrogen and oxygen atoms in total. The predicted octanol–water partition coefficient (Wildman–Crippen LogP) is 3.60. The summed E-state index contributed by atoms with van der Waals surface area (Å²) >= 11 is 0. The minimum atomic E-state index is -0.292. The first-order valence-electron chi connectivity index (χ1n) is 10.6. The maximum Gasteiger partial charge on any atom is 0.227 e. The van der Waals surface area contributed by atoms with Crippen LogP contribution in [0.25, 0.3) is 10.9 Å². The first kappa shape index (κ1) is 18.1. The molecule has 1 aliphatic carbocycles. The highest BCUT2D eigenvalue weighted by atomic mass is 19.1. The lowest BCUT2D eigenvalue weighted by Crippen LogP contribution is -2.40. The van der Waals surface area contributed by atoms with E-state index in [1.807, 2.05) is 6.07 Å². The number of aliphatic hydroxyl groups excluding tert-OH is 1. The molecule has 0 amide bonds. The van der Waals surface area contributed by atoms with E-state index in [4.69, 9.17) is 4.98 Å². The maximum absolute atomic E-state index is 14.6. The van der Waals surface area contributed by atoms with Gasteiger partial charge < -0.3 is 14.9 Å². The van der Waals surface area contributed by atoms with Gasteiger partial charge in [-0.15, -0.1) is 0 Å². The van der Waals surface area contributed by atoms with Gasteiger partial charge in [0.05, 0.1) is 0 Å². The number of hydrogen-bond donors (Lipinski definition) is 1. The molecule has 2 saturated heterocycles. The minimum Gasteiger partial charge on any atom is -0.396 e. The van der Waals surface area contributed by atoms with Crippen LogP contribution in [0.4, 0.5) is 16.2 Å². The summed E-state index contributed by atoms with van der Waals surface area (Å²) in [5.41, 5.74) is 0.857. The average Bonchev–Trinajstić information content (AvgIpc) is 3.47. The Hall–Kier alpha value is -1.95. The van der Waals surface area contributed by atoms with E-state index >= 15 is 0 Å². The largest absolute Gasteiger partial charge is 0.396 e. The third kappa shape index (κ3) is 3.11.